The minimum atomic E-state index is -0.254. The average molecular weight is 436 g/mol. The van der Waals surface area contributed by atoms with Gasteiger partial charge in [0.2, 0.25) is 5.89 Å². The lowest BCUT2D eigenvalue weighted by molar-refractivity contribution is 0.0977. The Kier molecular flexibility index (Phi) is 5.53. The number of thiocarbonyl (C=S) groups is 1. The maximum atomic E-state index is 12.5. The molecule has 1 aromatic heterocycles. The highest BCUT2D eigenvalue weighted by molar-refractivity contribution is 7.80. The summed E-state index contributed by atoms with van der Waals surface area (Å²) in [5.74, 6) is 0.228. The van der Waals surface area contributed by atoms with Gasteiger partial charge in [-0.15, -0.1) is 0 Å². The average Bonchev–Trinajstić information content (AvgIpc) is 3.11. The van der Waals surface area contributed by atoms with Gasteiger partial charge in [-0.3, -0.25) is 10.1 Å². The van der Waals surface area contributed by atoms with Gasteiger partial charge in [0, 0.05) is 21.8 Å². The third-order valence-electron chi connectivity index (χ3n) is 4.57. The Morgan fingerprint density at radius 2 is 1.90 bits per heavy atom. The van der Waals surface area contributed by atoms with Gasteiger partial charge in [0.15, 0.2) is 10.7 Å². The third-order valence-corrected chi connectivity index (χ3v) is 5.01. The largest absolute Gasteiger partial charge is 0.436 e. The molecular weight excluding hydrogens is 418 g/mol. The maximum Gasteiger partial charge on any atom is 0.257 e. The fourth-order valence-corrected chi connectivity index (χ4v) is 3.55. The fourth-order valence-electron chi connectivity index (χ4n) is 3.15. The van der Waals surface area contributed by atoms with Gasteiger partial charge in [-0.1, -0.05) is 35.4 Å². The number of carbonyl (C=O) groups excluding carboxylic acids is 1. The Morgan fingerprint density at radius 3 is 2.67 bits per heavy atom. The number of hydrogen-bond acceptors (Lipinski definition) is 4. The van der Waals surface area contributed by atoms with E-state index in [9.17, 15) is 4.79 Å². The Labute approximate surface area is 184 Å². The Hall–Kier alpha value is -3.22. The van der Waals surface area contributed by atoms with Crippen LogP contribution in [0.2, 0.25) is 5.02 Å². The SMILES string of the molecule is Cc1ccc(C(=O)NC(=S)Nc2ccc3oc(-c4cccc(Cl)c4)nc3c2)c(C)c1. The van der Waals surface area contributed by atoms with Crippen molar-refractivity contribution in [1.29, 1.82) is 0 Å². The van der Waals surface area contributed by atoms with Crippen molar-refractivity contribution in [3.05, 3.63) is 82.4 Å². The molecule has 0 unspecified atom stereocenters. The smallest absolute Gasteiger partial charge is 0.257 e. The van der Waals surface area contributed by atoms with Crippen LogP contribution in [0.4, 0.5) is 5.69 Å². The number of amides is 1. The molecule has 2 N–H and O–H groups in total. The minimum absolute atomic E-state index is 0.206. The second kappa shape index (κ2) is 8.26. The summed E-state index contributed by atoms with van der Waals surface area (Å²) in [6, 6.07) is 18.4. The van der Waals surface area contributed by atoms with E-state index in [4.69, 9.17) is 28.2 Å². The monoisotopic (exact) mass is 435 g/mol. The molecule has 30 heavy (non-hydrogen) atoms. The number of nitrogens with zero attached hydrogens (tertiary/aromatic N) is 1. The second-order valence-electron chi connectivity index (χ2n) is 6.94. The predicted molar refractivity (Wildman–Crippen MR) is 124 cm³/mol. The number of benzene rings is 3. The molecule has 5 nitrogen and oxygen atoms in total. The highest BCUT2D eigenvalue weighted by Crippen LogP contribution is 2.27. The highest BCUT2D eigenvalue weighted by Gasteiger charge is 2.12. The van der Waals surface area contributed by atoms with E-state index in [0.29, 0.717) is 33.3 Å². The van der Waals surface area contributed by atoms with Crippen molar-refractivity contribution >= 4 is 51.6 Å². The lowest BCUT2D eigenvalue weighted by atomic mass is 10.1. The molecule has 0 bridgehead atoms. The molecular formula is C23H18ClN3O2S. The summed E-state index contributed by atoms with van der Waals surface area (Å²) in [6.07, 6.45) is 0. The van der Waals surface area contributed by atoms with Gasteiger partial charge < -0.3 is 9.73 Å². The summed E-state index contributed by atoms with van der Waals surface area (Å²) in [6.45, 7) is 3.88. The number of aromatic nitrogens is 1. The molecule has 0 atom stereocenters. The lowest BCUT2D eigenvalue weighted by Gasteiger charge is -2.11. The maximum absolute atomic E-state index is 12.5. The molecule has 0 aliphatic heterocycles. The molecule has 7 heteroatoms. The highest BCUT2D eigenvalue weighted by atomic mass is 35.5. The van der Waals surface area contributed by atoms with E-state index >= 15 is 0 Å². The number of fused-ring (bicyclic) bond motifs is 1. The van der Waals surface area contributed by atoms with Crippen molar-refractivity contribution in [2.24, 2.45) is 0 Å². The number of aryl methyl sites for hydroxylation is 2. The Morgan fingerprint density at radius 1 is 1.07 bits per heavy atom. The summed E-state index contributed by atoms with van der Waals surface area (Å²) < 4.78 is 5.81. The molecule has 0 aliphatic carbocycles. The van der Waals surface area contributed by atoms with E-state index in [2.05, 4.69) is 15.6 Å². The Bertz CT molecular complexity index is 1280. The molecule has 1 amide bonds. The van der Waals surface area contributed by atoms with Crippen LogP contribution in [0.1, 0.15) is 21.5 Å². The predicted octanol–water partition coefficient (Wildman–Crippen LogP) is 5.89. The van der Waals surface area contributed by atoms with Crippen LogP contribution in [-0.4, -0.2) is 16.0 Å². The van der Waals surface area contributed by atoms with Crippen molar-refractivity contribution in [3.63, 3.8) is 0 Å². The van der Waals surface area contributed by atoms with Crippen molar-refractivity contribution in [3.8, 4) is 11.5 Å². The molecule has 4 aromatic rings. The fraction of sp³-hybridized carbons (Fsp3) is 0.0870. The zero-order chi connectivity index (χ0) is 21.3. The number of carbonyl (C=O) groups is 1. The summed E-state index contributed by atoms with van der Waals surface area (Å²) in [4.78, 5) is 17.0. The molecule has 0 aliphatic rings. The van der Waals surface area contributed by atoms with Crippen LogP contribution in [0, 0.1) is 13.8 Å². The standard InChI is InChI=1S/C23H18ClN3O2S/c1-13-6-8-18(14(2)10-13)21(28)27-23(30)25-17-7-9-20-19(12-17)26-22(29-20)15-4-3-5-16(24)11-15/h3-12H,1-2H3,(H2,25,27,28,30). The third kappa shape index (κ3) is 4.35. The van der Waals surface area contributed by atoms with Crippen LogP contribution in [0.15, 0.2) is 65.1 Å². The van der Waals surface area contributed by atoms with Crippen LogP contribution in [0.3, 0.4) is 0 Å². The number of oxazole rings is 1. The molecule has 0 fully saturated rings. The molecule has 0 saturated heterocycles. The number of rotatable bonds is 3. The summed E-state index contributed by atoms with van der Waals surface area (Å²) >= 11 is 11.3. The molecule has 150 valence electrons. The van der Waals surface area contributed by atoms with Crippen molar-refractivity contribution in [2.75, 3.05) is 5.32 Å². The van der Waals surface area contributed by atoms with Gasteiger partial charge in [-0.2, -0.15) is 0 Å². The van der Waals surface area contributed by atoms with Gasteiger partial charge in [0.1, 0.15) is 5.52 Å². The normalized spacial score (nSPS) is 10.8. The first-order chi connectivity index (χ1) is 14.4. The summed E-state index contributed by atoms with van der Waals surface area (Å²) in [5.41, 5.74) is 5.38. The van der Waals surface area contributed by atoms with E-state index in [1.165, 1.54) is 0 Å². The number of nitrogens with one attached hydrogen (secondary N) is 2. The van der Waals surface area contributed by atoms with Gasteiger partial charge in [0.05, 0.1) is 0 Å². The summed E-state index contributed by atoms with van der Waals surface area (Å²) in [5, 5.41) is 6.55. The first kappa shape index (κ1) is 20.1. The van der Waals surface area contributed by atoms with Gasteiger partial charge in [0.25, 0.3) is 5.91 Å². The van der Waals surface area contributed by atoms with Gasteiger partial charge in [-0.05, 0) is 74.1 Å². The molecule has 0 saturated carbocycles. The van der Waals surface area contributed by atoms with E-state index in [1.54, 1.807) is 24.3 Å². The molecule has 0 spiro atoms. The number of anilines is 1. The van der Waals surface area contributed by atoms with Crippen molar-refractivity contribution in [2.45, 2.75) is 13.8 Å². The lowest BCUT2D eigenvalue weighted by Crippen LogP contribution is -2.34. The van der Waals surface area contributed by atoms with Gasteiger partial charge >= 0.3 is 0 Å². The van der Waals surface area contributed by atoms with Crippen LogP contribution in [0.25, 0.3) is 22.6 Å². The zero-order valence-corrected chi connectivity index (χ0v) is 17.9. The van der Waals surface area contributed by atoms with E-state index in [0.717, 1.165) is 16.7 Å². The topological polar surface area (TPSA) is 67.2 Å². The van der Waals surface area contributed by atoms with E-state index in [1.807, 2.05) is 50.2 Å². The molecule has 3 aromatic carbocycles. The Balaban J connectivity index is 1.49. The van der Waals surface area contributed by atoms with Crippen LogP contribution in [-0.2, 0) is 0 Å². The molecule has 1 heterocycles. The summed E-state index contributed by atoms with van der Waals surface area (Å²) in [7, 11) is 0. The molecule has 4 rings (SSSR count). The molecule has 0 radical (unpaired) electrons. The second-order valence-corrected chi connectivity index (χ2v) is 7.78. The van der Waals surface area contributed by atoms with Crippen LogP contribution < -0.4 is 10.6 Å². The zero-order valence-electron chi connectivity index (χ0n) is 16.3. The van der Waals surface area contributed by atoms with Crippen molar-refractivity contribution in [1.82, 2.24) is 10.3 Å². The van der Waals surface area contributed by atoms with E-state index in [-0.39, 0.29) is 11.0 Å². The van der Waals surface area contributed by atoms with Crippen molar-refractivity contribution < 1.29 is 9.21 Å². The number of hydrogen-bond donors (Lipinski definition) is 2. The number of halogens is 1. The first-order valence-electron chi connectivity index (χ1n) is 9.25. The van der Waals surface area contributed by atoms with E-state index < -0.39 is 0 Å². The minimum Gasteiger partial charge on any atom is -0.436 e. The quantitative estimate of drug-likeness (QED) is 0.392. The van der Waals surface area contributed by atoms with Gasteiger partial charge in [-0.25, -0.2) is 4.98 Å². The first-order valence-corrected chi connectivity index (χ1v) is 10.0. The van der Waals surface area contributed by atoms with Crippen LogP contribution >= 0.6 is 23.8 Å². The van der Waals surface area contributed by atoms with Crippen LogP contribution in [0.5, 0.6) is 0 Å².